The van der Waals surface area contributed by atoms with E-state index in [2.05, 4.69) is 15.7 Å². The first kappa shape index (κ1) is 25.1. The minimum Gasteiger partial charge on any atom is -0.396 e. The fourth-order valence-corrected chi connectivity index (χ4v) is 4.23. The summed E-state index contributed by atoms with van der Waals surface area (Å²) >= 11 is 0. The van der Waals surface area contributed by atoms with E-state index in [0.717, 1.165) is 5.52 Å². The van der Waals surface area contributed by atoms with Crippen molar-refractivity contribution in [3.05, 3.63) is 30.0 Å². The van der Waals surface area contributed by atoms with Crippen molar-refractivity contribution in [1.82, 2.24) is 20.4 Å². The molecule has 33 heavy (non-hydrogen) atoms. The zero-order valence-corrected chi connectivity index (χ0v) is 19.5. The van der Waals surface area contributed by atoms with Crippen molar-refractivity contribution < 1.29 is 23.5 Å². The van der Waals surface area contributed by atoms with E-state index >= 15 is 0 Å². The topological polar surface area (TPSA) is 96.2 Å². The highest BCUT2D eigenvalue weighted by Gasteiger charge is 2.36. The van der Waals surface area contributed by atoms with Crippen LogP contribution >= 0.6 is 0 Å². The molecule has 7 nitrogen and oxygen atoms in total. The molecule has 0 radical (unpaired) electrons. The van der Waals surface area contributed by atoms with E-state index in [1.54, 1.807) is 10.7 Å². The number of hydrogen-bond acceptors (Lipinski definition) is 4. The third kappa shape index (κ3) is 6.28. The lowest BCUT2D eigenvalue weighted by Crippen LogP contribution is -2.53. The SMILES string of the molecule is CC(C)(C)C(NC(=O)c1nn(CC2CCC(F)(F)CC2)c2ccccc12)C(=O)NCCCO. The summed E-state index contributed by atoms with van der Waals surface area (Å²) in [4.78, 5) is 26.0. The van der Waals surface area contributed by atoms with E-state index in [0.29, 0.717) is 37.7 Å². The molecular weight excluding hydrogens is 430 g/mol. The number of alkyl halides is 2. The number of benzene rings is 1. The molecule has 1 aliphatic rings. The monoisotopic (exact) mass is 464 g/mol. The number of carbonyl (C=O) groups excluding carboxylic acids is 2. The van der Waals surface area contributed by atoms with Crippen LogP contribution in [0.25, 0.3) is 10.9 Å². The fourth-order valence-electron chi connectivity index (χ4n) is 4.23. The lowest BCUT2D eigenvalue weighted by molar-refractivity contribution is -0.125. The van der Waals surface area contributed by atoms with Crippen LogP contribution < -0.4 is 10.6 Å². The van der Waals surface area contributed by atoms with Crippen LogP contribution in [0, 0.1) is 11.3 Å². The van der Waals surface area contributed by atoms with Crippen molar-refractivity contribution in [1.29, 1.82) is 0 Å². The van der Waals surface area contributed by atoms with Gasteiger partial charge in [-0.05, 0) is 36.7 Å². The third-order valence-corrected chi connectivity index (χ3v) is 6.18. The summed E-state index contributed by atoms with van der Waals surface area (Å²) in [5.74, 6) is -3.30. The van der Waals surface area contributed by atoms with Gasteiger partial charge in [0.2, 0.25) is 11.8 Å². The smallest absolute Gasteiger partial charge is 0.273 e. The fraction of sp³-hybridized carbons (Fsp3) is 0.625. The molecule has 0 spiro atoms. The molecule has 182 valence electrons. The lowest BCUT2D eigenvalue weighted by Gasteiger charge is -2.30. The standard InChI is InChI=1S/C24H34F2N4O3/c1-23(2,3)20(22(33)27-13-6-14-31)28-21(32)19-17-7-4-5-8-18(17)30(29-19)15-16-9-11-24(25,26)12-10-16/h4-5,7-8,16,20,31H,6,9-15H2,1-3H3,(H,27,33)(H,28,32). The maximum Gasteiger partial charge on any atom is 0.273 e. The number of nitrogens with one attached hydrogen (secondary N) is 2. The van der Waals surface area contributed by atoms with Crippen LogP contribution in [0.2, 0.25) is 0 Å². The lowest BCUT2D eigenvalue weighted by atomic mass is 9.86. The van der Waals surface area contributed by atoms with Crippen LogP contribution in [-0.4, -0.2) is 51.8 Å². The van der Waals surface area contributed by atoms with Crippen LogP contribution in [-0.2, 0) is 11.3 Å². The number of para-hydroxylation sites is 1. The number of aliphatic hydroxyl groups excluding tert-OH is 1. The molecule has 2 amide bonds. The van der Waals surface area contributed by atoms with Crippen molar-refractivity contribution in [2.75, 3.05) is 13.2 Å². The maximum atomic E-state index is 13.5. The van der Waals surface area contributed by atoms with Crippen LogP contribution in [0.15, 0.2) is 24.3 Å². The summed E-state index contributed by atoms with van der Waals surface area (Å²) in [5.41, 5.74) is 0.425. The summed E-state index contributed by atoms with van der Waals surface area (Å²) in [6, 6.07) is 6.53. The molecule has 1 unspecified atom stereocenters. The van der Waals surface area contributed by atoms with Gasteiger partial charge in [-0.2, -0.15) is 5.10 Å². The Morgan fingerprint density at radius 1 is 1.24 bits per heavy atom. The molecule has 0 aliphatic heterocycles. The van der Waals surface area contributed by atoms with Crippen molar-refractivity contribution in [2.24, 2.45) is 11.3 Å². The largest absolute Gasteiger partial charge is 0.396 e. The molecule has 2 aromatic rings. The normalized spacial score (nSPS) is 17.6. The number of fused-ring (bicyclic) bond motifs is 1. The number of aromatic nitrogens is 2. The summed E-state index contributed by atoms with van der Waals surface area (Å²) in [6.07, 6.45) is 1.02. The maximum absolute atomic E-state index is 13.5. The molecule has 1 heterocycles. The molecule has 3 rings (SSSR count). The second kappa shape index (κ2) is 10.2. The number of rotatable bonds is 8. The minimum atomic E-state index is -2.59. The zero-order valence-electron chi connectivity index (χ0n) is 19.5. The van der Waals surface area contributed by atoms with Gasteiger partial charge < -0.3 is 15.7 Å². The average molecular weight is 465 g/mol. The molecule has 0 bridgehead atoms. The van der Waals surface area contributed by atoms with Gasteiger partial charge in [-0.25, -0.2) is 8.78 Å². The van der Waals surface area contributed by atoms with E-state index < -0.39 is 23.3 Å². The number of carbonyl (C=O) groups is 2. The first-order valence-corrected chi connectivity index (χ1v) is 11.5. The van der Waals surface area contributed by atoms with E-state index in [1.165, 1.54) is 0 Å². The Morgan fingerprint density at radius 2 is 1.91 bits per heavy atom. The van der Waals surface area contributed by atoms with E-state index in [9.17, 15) is 18.4 Å². The van der Waals surface area contributed by atoms with Crippen LogP contribution in [0.3, 0.4) is 0 Å². The second-order valence-electron chi connectivity index (χ2n) is 9.99. The van der Waals surface area contributed by atoms with Crippen LogP contribution in [0.1, 0.15) is 63.4 Å². The van der Waals surface area contributed by atoms with Crippen molar-refractivity contribution in [3.8, 4) is 0 Å². The number of halogens is 2. The van der Waals surface area contributed by atoms with Gasteiger partial charge >= 0.3 is 0 Å². The van der Waals surface area contributed by atoms with Crippen molar-refractivity contribution >= 4 is 22.7 Å². The Hall–Kier alpha value is -2.55. The highest BCUT2D eigenvalue weighted by Crippen LogP contribution is 2.37. The predicted octanol–water partition coefficient (Wildman–Crippen LogP) is 3.50. The summed E-state index contributed by atoms with van der Waals surface area (Å²) < 4.78 is 28.8. The van der Waals surface area contributed by atoms with Gasteiger partial charge in [-0.1, -0.05) is 39.0 Å². The molecule has 1 aromatic carbocycles. The first-order chi connectivity index (χ1) is 15.5. The molecule has 1 aromatic heterocycles. The highest BCUT2D eigenvalue weighted by molar-refractivity contribution is 6.06. The third-order valence-electron chi connectivity index (χ3n) is 6.18. The number of aliphatic hydroxyl groups is 1. The quantitative estimate of drug-likeness (QED) is 0.521. The van der Waals surface area contributed by atoms with Crippen LogP contribution in [0.4, 0.5) is 8.78 Å². The predicted molar refractivity (Wildman–Crippen MR) is 122 cm³/mol. The molecule has 1 fully saturated rings. The van der Waals surface area contributed by atoms with Gasteiger partial charge in [0.15, 0.2) is 5.69 Å². The molecule has 0 saturated heterocycles. The molecular formula is C24H34F2N4O3. The molecule has 1 saturated carbocycles. The second-order valence-corrected chi connectivity index (χ2v) is 9.99. The van der Waals surface area contributed by atoms with Crippen LogP contribution in [0.5, 0.6) is 0 Å². The Bertz CT molecular complexity index is 974. The summed E-state index contributed by atoms with van der Waals surface area (Å²) in [6.45, 7) is 6.33. The van der Waals surface area contributed by atoms with Gasteiger partial charge in [0.25, 0.3) is 5.91 Å². The molecule has 1 atom stereocenters. The van der Waals surface area contributed by atoms with Gasteiger partial charge in [0, 0.05) is 37.9 Å². The van der Waals surface area contributed by atoms with E-state index in [1.807, 2.05) is 39.0 Å². The Morgan fingerprint density at radius 3 is 2.55 bits per heavy atom. The summed E-state index contributed by atoms with van der Waals surface area (Å²) in [7, 11) is 0. The molecule has 3 N–H and O–H groups in total. The zero-order chi connectivity index (χ0) is 24.2. The average Bonchev–Trinajstić information content (AvgIpc) is 3.11. The first-order valence-electron chi connectivity index (χ1n) is 11.5. The number of hydrogen-bond donors (Lipinski definition) is 3. The van der Waals surface area contributed by atoms with Crippen molar-refractivity contribution in [2.45, 2.75) is 71.4 Å². The molecule has 1 aliphatic carbocycles. The van der Waals surface area contributed by atoms with Gasteiger partial charge in [0.05, 0.1) is 5.52 Å². The Balaban J connectivity index is 1.81. The van der Waals surface area contributed by atoms with E-state index in [4.69, 9.17) is 5.11 Å². The van der Waals surface area contributed by atoms with E-state index in [-0.39, 0.29) is 37.0 Å². The highest BCUT2D eigenvalue weighted by atomic mass is 19.3. The minimum absolute atomic E-state index is 0.0329. The van der Waals surface area contributed by atoms with Gasteiger partial charge in [-0.3, -0.25) is 14.3 Å². The molecule has 9 heteroatoms. The van der Waals surface area contributed by atoms with Crippen molar-refractivity contribution in [3.63, 3.8) is 0 Å². The van der Waals surface area contributed by atoms with Gasteiger partial charge in [-0.15, -0.1) is 0 Å². The Labute approximate surface area is 192 Å². The number of nitrogens with zero attached hydrogens (tertiary/aromatic N) is 2. The Kier molecular flexibility index (Phi) is 7.72. The van der Waals surface area contributed by atoms with Gasteiger partial charge in [0.1, 0.15) is 6.04 Å². The number of amides is 2. The summed E-state index contributed by atoms with van der Waals surface area (Å²) in [5, 5.41) is 19.7.